The van der Waals surface area contributed by atoms with Gasteiger partial charge in [-0.1, -0.05) is 145 Å². The van der Waals surface area contributed by atoms with Gasteiger partial charge >= 0.3 is 0 Å². The molecule has 0 amide bonds. The molecule has 0 heterocycles. The van der Waals surface area contributed by atoms with Gasteiger partial charge in [0.15, 0.2) is 0 Å². The van der Waals surface area contributed by atoms with Crippen LogP contribution in [0, 0.1) is 5.82 Å². The second kappa shape index (κ2) is 11.2. The Morgan fingerprint density at radius 2 is 1.28 bits per heavy atom. The molecule has 5 aromatic rings. The van der Waals surface area contributed by atoms with E-state index in [1.807, 2.05) is 12.1 Å². The smallest absolute Gasteiger partial charge is 0.131 e. The summed E-state index contributed by atoms with van der Waals surface area (Å²) >= 11 is 0. The van der Waals surface area contributed by atoms with E-state index >= 15 is 4.39 Å². The molecule has 0 nitrogen and oxygen atoms in total. The van der Waals surface area contributed by atoms with E-state index in [9.17, 15) is 0 Å². The summed E-state index contributed by atoms with van der Waals surface area (Å²) in [5.74, 6) is -0.196. The normalized spacial score (nSPS) is 13.9. The monoisotopic (exact) mass is 599 g/mol. The second-order valence-electron chi connectivity index (χ2n) is 14.6. The molecule has 0 atom stereocenters. The lowest BCUT2D eigenvalue weighted by Crippen LogP contribution is -2.32. The molecule has 0 fully saturated rings. The lowest BCUT2D eigenvalue weighted by Gasteiger charge is -2.28. The summed E-state index contributed by atoms with van der Waals surface area (Å²) in [5, 5.41) is 2.32. The van der Waals surface area contributed by atoms with Crippen LogP contribution in [0.2, 0.25) is 0 Å². The lowest BCUT2D eigenvalue weighted by atomic mass is 9.75. The van der Waals surface area contributed by atoms with Gasteiger partial charge in [0.2, 0.25) is 0 Å². The molecule has 227 valence electrons. The van der Waals surface area contributed by atoms with Crippen molar-refractivity contribution in [3.63, 3.8) is 0 Å². The second-order valence-corrected chi connectivity index (χ2v) is 14.6. The van der Waals surface area contributed by atoms with Crippen LogP contribution in [0.3, 0.4) is 0 Å². The van der Waals surface area contributed by atoms with Gasteiger partial charge in [-0.2, -0.15) is 0 Å². The van der Waals surface area contributed by atoms with Gasteiger partial charge in [0.05, 0.1) is 0 Å². The molecule has 0 N–H and O–H groups in total. The summed E-state index contributed by atoms with van der Waals surface area (Å²) in [6, 6.07) is 37.9. The molecule has 0 saturated carbocycles. The molecule has 5 aromatic carbocycles. The van der Waals surface area contributed by atoms with Crippen molar-refractivity contribution in [3.8, 4) is 11.1 Å². The van der Waals surface area contributed by atoms with Crippen LogP contribution < -0.4 is 10.4 Å². The van der Waals surface area contributed by atoms with Gasteiger partial charge in [-0.3, -0.25) is 0 Å². The van der Waals surface area contributed by atoms with Gasteiger partial charge in [0.1, 0.15) is 5.82 Å². The molecular weight excluding hydrogens is 559 g/mol. The number of hydrogen-bond donors (Lipinski definition) is 0. The van der Waals surface area contributed by atoms with Crippen molar-refractivity contribution in [1.82, 2.24) is 0 Å². The summed E-state index contributed by atoms with van der Waals surface area (Å²) in [4.78, 5) is 0. The molecule has 2 aliphatic carbocycles. The Hall–Kier alpha value is -4.75. The Morgan fingerprint density at radius 1 is 0.652 bits per heavy atom. The number of fused-ring (bicyclic) bond motifs is 3. The highest BCUT2D eigenvalue weighted by Crippen LogP contribution is 2.41. The predicted octanol–water partition coefficient (Wildman–Crippen LogP) is 10.2. The van der Waals surface area contributed by atoms with Gasteiger partial charge in [-0.25, -0.2) is 4.39 Å². The fraction of sp³-hybridized carbons (Fsp3) is 0.200. The van der Waals surface area contributed by atoms with Gasteiger partial charge in [-0.15, -0.1) is 0 Å². The maximum Gasteiger partial charge on any atom is 0.131 e. The van der Waals surface area contributed by atoms with Crippen molar-refractivity contribution in [2.45, 2.75) is 58.8 Å². The van der Waals surface area contributed by atoms with Crippen LogP contribution in [0.25, 0.3) is 33.9 Å². The van der Waals surface area contributed by atoms with Gasteiger partial charge < -0.3 is 0 Å². The predicted molar refractivity (Wildman–Crippen MR) is 193 cm³/mol. The van der Waals surface area contributed by atoms with Crippen LogP contribution in [0.5, 0.6) is 0 Å². The number of halogens is 1. The van der Waals surface area contributed by atoms with Crippen LogP contribution in [-0.4, -0.2) is 0 Å². The summed E-state index contributed by atoms with van der Waals surface area (Å²) in [5.41, 5.74) is 13.3. The molecule has 0 unspecified atom stereocenters. The van der Waals surface area contributed by atoms with E-state index in [0.717, 1.165) is 28.3 Å². The molecule has 0 aliphatic heterocycles. The zero-order valence-electron chi connectivity index (χ0n) is 27.6. The standard InChI is InChI=1S/C45H40F/c1-44(2,3)32-24-25-33-31(26-32)27-38-37(33)28-39(41(29-16-9-7-10-17-29)30-18-11-8-12-19-30)43(45(4,5)6)42(38)36-22-15-21-34(36)35-20-13-14-23-40(35)46/h7-21,23-26,28H,22H2,1-6H3. The van der Waals surface area contributed by atoms with Crippen molar-refractivity contribution < 1.29 is 4.39 Å². The third-order valence-corrected chi connectivity index (χ3v) is 9.30. The third kappa shape index (κ3) is 5.18. The fourth-order valence-corrected chi connectivity index (χ4v) is 7.15. The highest BCUT2D eigenvalue weighted by molar-refractivity contribution is 6.02. The van der Waals surface area contributed by atoms with Crippen LogP contribution in [0.4, 0.5) is 4.39 Å². The van der Waals surface area contributed by atoms with Gasteiger partial charge in [0, 0.05) is 5.56 Å². The number of rotatable bonds is 4. The van der Waals surface area contributed by atoms with Crippen molar-refractivity contribution >= 4 is 22.8 Å². The van der Waals surface area contributed by atoms with E-state index in [1.165, 1.54) is 49.7 Å². The van der Waals surface area contributed by atoms with E-state index in [0.29, 0.717) is 5.56 Å². The van der Waals surface area contributed by atoms with Crippen molar-refractivity contribution in [2.24, 2.45) is 0 Å². The van der Waals surface area contributed by atoms with Crippen molar-refractivity contribution in [3.05, 3.63) is 177 Å². The Labute approximate surface area is 273 Å². The topological polar surface area (TPSA) is 0 Å². The zero-order chi connectivity index (χ0) is 32.2. The number of benzene rings is 5. The maximum atomic E-state index is 15.5. The first-order chi connectivity index (χ1) is 22.0. The molecule has 0 spiro atoms. The van der Waals surface area contributed by atoms with Gasteiger partial charge in [0.25, 0.3) is 0 Å². The van der Waals surface area contributed by atoms with E-state index in [4.69, 9.17) is 0 Å². The van der Waals surface area contributed by atoms with E-state index in [-0.39, 0.29) is 16.6 Å². The zero-order valence-corrected chi connectivity index (χ0v) is 27.6. The molecular formula is C45H40F. The van der Waals surface area contributed by atoms with Crippen LogP contribution >= 0.6 is 0 Å². The Morgan fingerprint density at radius 3 is 1.89 bits per heavy atom. The Bertz CT molecular complexity index is 2120. The largest absolute Gasteiger partial charge is 0.206 e. The Balaban J connectivity index is 1.71. The molecule has 1 radical (unpaired) electrons. The SMILES string of the molecule is CC(C)(C)c1ccc2c(c1)[C]=c1c-2cc(=C(c2ccccc2)c2ccccc2)c(C(C)(C)C)c1C1=C(c2ccccc2F)C=CC1. The first-order valence-corrected chi connectivity index (χ1v) is 16.3. The van der Waals surface area contributed by atoms with Crippen molar-refractivity contribution in [2.75, 3.05) is 0 Å². The molecule has 1 heteroatoms. The average Bonchev–Trinajstić information content (AvgIpc) is 3.66. The highest BCUT2D eigenvalue weighted by atomic mass is 19.1. The minimum absolute atomic E-state index is 0.0213. The highest BCUT2D eigenvalue weighted by Gasteiger charge is 2.31. The van der Waals surface area contributed by atoms with Crippen LogP contribution in [-0.2, 0) is 10.8 Å². The summed E-state index contributed by atoms with van der Waals surface area (Å²) < 4.78 is 15.5. The molecule has 7 rings (SSSR count). The summed E-state index contributed by atoms with van der Waals surface area (Å²) in [7, 11) is 0. The fourth-order valence-electron chi connectivity index (χ4n) is 7.15. The molecule has 0 saturated heterocycles. The molecule has 46 heavy (non-hydrogen) atoms. The van der Waals surface area contributed by atoms with Crippen LogP contribution in [0.1, 0.15) is 86.9 Å². The summed E-state index contributed by atoms with van der Waals surface area (Å²) in [6.07, 6.45) is 8.94. The first kappa shape index (κ1) is 29.9. The average molecular weight is 600 g/mol. The number of hydrogen-bond acceptors (Lipinski definition) is 0. The third-order valence-electron chi connectivity index (χ3n) is 9.30. The minimum atomic E-state index is -0.239. The Kier molecular flexibility index (Phi) is 7.32. The van der Waals surface area contributed by atoms with Crippen molar-refractivity contribution in [1.29, 1.82) is 0 Å². The summed E-state index contributed by atoms with van der Waals surface area (Å²) in [6.45, 7) is 13.7. The minimum Gasteiger partial charge on any atom is -0.206 e. The number of allylic oxidation sites excluding steroid dienone is 4. The quantitative estimate of drug-likeness (QED) is 0.189. The maximum absolute atomic E-state index is 15.5. The molecule has 0 aromatic heterocycles. The van der Waals surface area contributed by atoms with E-state index in [1.54, 1.807) is 12.1 Å². The lowest BCUT2D eigenvalue weighted by molar-refractivity contribution is 0.583. The van der Waals surface area contributed by atoms with E-state index < -0.39 is 0 Å². The molecule has 2 aliphatic rings. The van der Waals surface area contributed by atoms with Gasteiger partial charge in [-0.05, 0) is 113 Å². The molecule has 0 bridgehead atoms. The first-order valence-electron chi connectivity index (χ1n) is 16.3. The van der Waals surface area contributed by atoms with Crippen LogP contribution in [0.15, 0.2) is 121 Å². The van der Waals surface area contributed by atoms with E-state index in [2.05, 4.69) is 145 Å².